The molecule has 2 aromatic rings. The highest BCUT2D eigenvalue weighted by molar-refractivity contribution is 7.98. The van der Waals surface area contributed by atoms with Crippen LogP contribution in [0.25, 0.3) is 0 Å². The Bertz CT molecular complexity index is 584. The van der Waals surface area contributed by atoms with Gasteiger partial charge in [0.25, 0.3) is 0 Å². The number of ether oxygens (including phenoxy) is 1. The van der Waals surface area contributed by atoms with E-state index in [2.05, 4.69) is 21.8 Å². The van der Waals surface area contributed by atoms with Crippen LogP contribution < -0.4 is 10.5 Å². The molecule has 1 heterocycles. The van der Waals surface area contributed by atoms with Crippen LogP contribution in [0.5, 0.6) is 5.75 Å². The molecule has 1 aromatic heterocycles. The Kier molecular flexibility index (Phi) is 4.90. The molecule has 2 rings (SSSR count). The molecule has 0 aliphatic heterocycles. The fourth-order valence-corrected chi connectivity index (χ4v) is 2.38. The van der Waals surface area contributed by atoms with Crippen molar-refractivity contribution >= 4 is 11.8 Å². The molecule has 0 spiro atoms. The van der Waals surface area contributed by atoms with Gasteiger partial charge in [-0.05, 0) is 23.8 Å². The number of rotatable bonds is 4. The Hall–Kier alpha value is -1.90. The van der Waals surface area contributed by atoms with Crippen molar-refractivity contribution in [2.45, 2.75) is 10.9 Å². The van der Waals surface area contributed by atoms with Crippen LogP contribution >= 0.6 is 11.8 Å². The first-order chi connectivity index (χ1) is 9.33. The fraction of sp³-hybridized carbons (Fsp3) is 0.214. The van der Waals surface area contributed by atoms with Crippen LogP contribution in [0.2, 0.25) is 0 Å². The normalized spacial score (nSPS) is 9.79. The Labute approximate surface area is 116 Å². The van der Waals surface area contributed by atoms with E-state index in [9.17, 15) is 0 Å². The third kappa shape index (κ3) is 3.78. The highest BCUT2D eigenvalue weighted by atomic mass is 32.2. The summed E-state index contributed by atoms with van der Waals surface area (Å²) in [6, 6.07) is 5.86. The molecule has 0 saturated heterocycles. The van der Waals surface area contributed by atoms with Crippen molar-refractivity contribution in [3.63, 3.8) is 0 Å². The van der Waals surface area contributed by atoms with Crippen LogP contribution in [0.4, 0.5) is 0 Å². The number of nitrogens with one attached hydrogen (secondary N) is 1. The number of hydrogen-bond acceptors (Lipinski definition) is 4. The molecule has 0 amide bonds. The van der Waals surface area contributed by atoms with E-state index in [1.165, 1.54) is 0 Å². The molecular formula is C14H15N3OS. The lowest BCUT2D eigenvalue weighted by Gasteiger charge is -2.06. The topological polar surface area (TPSA) is 63.9 Å². The van der Waals surface area contributed by atoms with E-state index in [4.69, 9.17) is 10.5 Å². The average Bonchev–Trinajstić information content (AvgIpc) is 2.96. The molecule has 0 atom stereocenters. The van der Waals surface area contributed by atoms with Crippen LogP contribution in [-0.4, -0.2) is 23.6 Å². The van der Waals surface area contributed by atoms with Gasteiger partial charge in [-0.15, -0.1) is 0 Å². The number of imidazole rings is 1. The maximum absolute atomic E-state index is 5.42. The van der Waals surface area contributed by atoms with Crippen LogP contribution in [0.1, 0.15) is 11.1 Å². The van der Waals surface area contributed by atoms with Gasteiger partial charge in [0.05, 0.1) is 13.7 Å². The highest BCUT2D eigenvalue weighted by Crippen LogP contribution is 2.24. The number of nitrogens with zero attached hydrogens (tertiary/aromatic N) is 1. The first-order valence-electron chi connectivity index (χ1n) is 5.81. The molecule has 0 fully saturated rings. The number of benzene rings is 1. The third-order valence-corrected chi connectivity index (χ3v) is 3.43. The van der Waals surface area contributed by atoms with Gasteiger partial charge < -0.3 is 15.5 Å². The predicted octanol–water partition coefficient (Wildman–Crippen LogP) is 2.02. The lowest BCUT2D eigenvalue weighted by atomic mass is 10.1. The second-order valence-electron chi connectivity index (χ2n) is 3.71. The van der Waals surface area contributed by atoms with Gasteiger partial charge in [-0.1, -0.05) is 23.6 Å². The van der Waals surface area contributed by atoms with Crippen LogP contribution in [0.15, 0.2) is 35.7 Å². The Morgan fingerprint density at radius 3 is 3.05 bits per heavy atom. The van der Waals surface area contributed by atoms with Gasteiger partial charge in [0.1, 0.15) is 5.75 Å². The molecule has 0 saturated carbocycles. The van der Waals surface area contributed by atoms with Crippen LogP contribution in [-0.2, 0) is 5.75 Å². The molecular weight excluding hydrogens is 258 g/mol. The van der Waals surface area contributed by atoms with Crippen molar-refractivity contribution in [3.8, 4) is 17.6 Å². The number of thioether (sulfide) groups is 1. The molecule has 3 N–H and O–H groups in total. The summed E-state index contributed by atoms with van der Waals surface area (Å²) in [5, 5.41) is 0.889. The zero-order valence-electron chi connectivity index (χ0n) is 10.6. The highest BCUT2D eigenvalue weighted by Gasteiger charge is 2.05. The van der Waals surface area contributed by atoms with E-state index >= 15 is 0 Å². The monoisotopic (exact) mass is 273 g/mol. The molecule has 0 radical (unpaired) electrons. The summed E-state index contributed by atoms with van der Waals surface area (Å²) in [5.41, 5.74) is 7.50. The Morgan fingerprint density at radius 2 is 2.37 bits per heavy atom. The summed E-state index contributed by atoms with van der Waals surface area (Å²) < 4.78 is 5.25. The smallest absolute Gasteiger partial charge is 0.165 e. The van der Waals surface area contributed by atoms with E-state index < -0.39 is 0 Å². The van der Waals surface area contributed by atoms with Gasteiger partial charge in [0.15, 0.2) is 5.16 Å². The van der Waals surface area contributed by atoms with Crippen molar-refractivity contribution in [2.75, 3.05) is 13.7 Å². The molecule has 0 aliphatic carbocycles. The maximum atomic E-state index is 5.42. The molecule has 19 heavy (non-hydrogen) atoms. The number of aromatic nitrogens is 2. The van der Waals surface area contributed by atoms with Crippen molar-refractivity contribution in [1.82, 2.24) is 9.97 Å². The molecule has 4 nitrogen and oxygen atoms in total. The second kappa shape index (κ2) is 6.88. The molecule has 0 aliphatic rings. The number of hydrogen-bond donors (Lipinski definition) is 2. The molecule has 0 unspecified atom stereocenters. The SMILES string of the molecule is COc1ccc(C#CCN)c(CSc2ncc[nH]2)c1. The van der Waals surface area contributed by atoms with Gasteiger partial charge in [-0.25, -0.2) is 4.98 Å². The van der Waals surface area contributed by atoms with E-state index in [0.29, 0.717) is 6.54 Å². The summed E-state index contributed by atoms with van der Waals surface area (Å²) in [4.78, 5) is 7.25. The fourth-order valence-electron chi connectivity index (χ4n) is 1.56. The van der Waals surface area contributed by atoms with E-state index in [0.717, 1.165) is 27.8 Å². The zero-order chi connectivity index (χ0) is 13.5. The van der Waals surface area contributed by atoms with Crippen LogP contribution in [0.3, 0.4) is 0 Å². The van der Waals surface area contributed by atoms with Crippen molar-refractivity contribution in [2.24, 2.45) is 5.73 Å². The number of nitrogens with two attached hydrogens (primary N) is 1. The average molecular weight is 273 g/mol. The Balaban J connectivity index is 2.19. The molecule has 5 heteroatoms. The van der Waals surface area contributed by atoms with Gasteiger partial charge in [0, 0.05) is 23.7 Å². The van der Waals surface area contributed by atoms with Gasteiger partial charge in [0.2, 0.25) is 0 Å². The van der Waals surface area contributed by atoms with Crippen molar-refractivity contribution < 1.29 is 4.74 Å². The summed E-state index contributed by atoms with van der Waals surface area (Å²) in [7, 11) is 1.66. The van der Waals surface area contributed by atoms with Crippen molar-refractivity contribution in [3.05, 3.63) is 41.7 Å². The third-order valence-electron chi connectivity index (χ3n) is 2.48. The number of aromatic amines is 1. The standard InChI is InChI=1S/C14H15N3OS/c1-18-13-5-4-11(3-2-6-15)12(9-13)10-19-14-16-7-8-17-14/h4-5,7-9H,6,10,15H2,1H3,(H,16,17). The first-order valence-corrected chi connectivity index (χ1v) is 6.80. The quantitative estimate of drug-likeness (QED) is 0.661. The number of H-pyrrole nitrogens is 1. The van der Waals surface area contributed by atoms with E-state index in [1.807, 2.05) is 24.4 Å². The first kappa shape index (κ1) is 13.5. The van der Waals surface area contributed by atoms with Crippen LogP contribution in [0, 0.1) is 11.8 Å². The Morgan fingerprint density at radius 1 is 1.47 bits per heavy atom. The molecule has 0 bridgehead atoms. The largest absolute Gasteiger partial charge is 0.497 e. The summed E-state index contributed by atoms with van der Waals surface area (Å²) in [5.74, 6) is 7.56. The summed E-state index contributed by atoms with van der Waals surface area (Å²) >= 11 is 1.63. The molecule has 1 aromatic carbocycles. The number of methoxy groups -OCH3 is 1. The van der Waals surface area contributed by atoms with Gasteiger partial charge in [-0.3, -0.25) is 0 Å². The van der Waals surface area contributed by atoms with E-state index in [-0.39, 0.29) is 0 Å². The lowest BCUT2D eigenvalue weighted by molar-refractivity contribution is 0.414. The second-order valence-corrected chi connectivity index (χ2v) is 4.68. The van der Waals surface area contributed by atoms with E-state index in [1.54, 1.807) is 25.1 Å². The summed E-state index contributed by atoms with van der Waals surface area (Å²) in [6.45, 7) is 0.358. The minimum atomic E-state index is 0.358. The molecule has 98 valence electrons. The van der Waals surface area contributed by atoms with Crippen molar-refractivity contribution in [1.29, 1.82) is 0 Å². The maximum Gasteiger partial charge on any atom is 0.165 e. The minimum Gasteiger partial charge on any atom is -0.497 e. The summed E-state index contributed by atoms with van der Waals surface area (Å²) in [6.07, 6.45) is 3.55. The predicted molar refractivity (Wildman–Crippen MR) is 77.1 cm³/mol. The zero-order valence-corrected chi connectivity index (χ0v) is 11.5. The minimum absolute atomic E-state index is 0.358. The lowest BCUT2D eigenvalue weighted by Crippen LogP contribution is -1.95. The van der Waals surface area contributed by atoms with Gasteiger partial charge >= 0.3 is 0 Å². The van der Waals surface area contributed by atoms with Gasteiger partial charge in [-0.2, -0.15) is 0 Å².